The lowest BCUT2D eigenvalue weighted by Crippen LogP contribution is -2.15. The zero-order chi connectivity index (χ0) is 18.4. The molecule has 132 valence electrons. The topological polar surface area (TPSA) is 51.2 Å². The van der Waals surface area contributed by atoms with Gasteiger partial charge in [0.15, 0.2) is 5.78 Å². The smallest absolute Gasteiger partial charge is 0.196 e. The van der Waals surface area contributed by atoms with Gasteiger partial charge in [-0.25, -0.2) is 4.98 Å². The van der Waals surface area contributed by atoms with Gasteiger partial charge in [-0.3, -0.25) is 4.79 Å². The van der Waals surface area contributed by atoms with Crippen LogP contribution in [0.15, 0.2) is 72.9 Å². The van der Waals surface area contributed by atoms with Crippen LogP contribution >= 0.6 is 0 Å². The molecule has 0 aliphatic carbocycles. The van der Waals surface area contributed by atoms with Gasteiger partial charge in [0, 0.05) is 17.8 Å². The minimum Gasteiger partial charge on any atom is -0.489 e. The molecule has 0 bridgehead atoms. The van der Waals surface area contributed by atoms with E-state index in [0.717, 1.165) is 5.56 Å². The first-order valence-electron chi connectivity index (χ1n) is 8.66. The molecule has 0 aliphatic heterocycles. The molecule has 4 nitrogen and oxygen atoms in total. The minimum atomic E-state index is -0.0774. The Kier molecular flexibility index (Phi) is 5.64. The molecule has 0 unspecified atom stereocenters. The van der Waals surface area contributed by atoms with Crippen LogP contribution in [-0.2, 0) is 6.61 Å². The van der Waals surface area contributed by atoms with E-state index in [1.54, 1.807) is 30.5 Å². The number of pyridine rings is 1. The Morgan fingerprint density at radius 3 is 2.62 bits per heavy atom. The highest BCUT2D eigenvalue weighted by molar-refractivity contribution is 6.12. The van der Waals surface area contributed by atoms with E-state index in [9.17, 15) is 4.79 Å². The molecule has 0 aliphatic rings. The van der Waals surface area contributed by atoms with Gasteiger partial charge in [0.2, 0.25) is 0 Å². The molecule has 0 saturated carbocycles. The quantitative estimate of drug-likeness (QED) is 0.629. The molecule has 1 heterocycles. The summed E-state index contributed by atoms with van der Waals surface area (Å²) < 4.78 is 5.83. The number of ether oxygens (including phenoxy) is 1. The van der Waals surface area contributed by atoms with Crippen molar-refractivity contribution in [3.8, 4) is 5.75 Å². The molecule has 2 aromatic carbocycles. The van der Waals surface area contributed by atoms with Crippen LogP contribution in [0.4, 0.5) is 5.82 Å². The lowest BCUT2D eigenvalue weighted by Gasteiger charge is -2.13. The van der Waals surface area contributed by atoms with E-state index in [0.29, 0.717) is 29.3 Å². The van der Waals surface area contributed by atoms with Gasteiger partial charge in [-0.05, 0) is 43.7 Å². The van der Waals surface area contributed by atoms with Crippen LogP contribution in [0.5, 0.6) is 5.75 Å². The normalized spacial score (nSPS) is 10.6. The molecule has 0 saturated heterocycles. The fraction of sp³-hybridized carbons (Fsp3) is 0.182. The molecule has 3 aromatic rings. The summed E-state index contributed by atoms with van der Waals surface area (Å²) in [5.74, 6) is 1.19. The van der Waals surface area contributed by atoms with Gasteiger partial charge in [0.25, 0.3) is 0 Å². The van der Waals surface area contributed by atoms with E-state index < -0.39 is 0 Å². The number of nitrogens with one attached hydrogen (secondary N) is 1. The molecule has 1 aromatic heterocycles. The van der Waals surface area contributed by atoms with Gasteiger partial charge >= 0.3 is 0 Å². The SMILES string of the molecule is CC(C)Nc1ncccc1C(=O)c1cccc(OCc2ccccc2)c1. The Hall–Kier alpha value is -3.14. The van der Waals surface area contributed by atoms with Gasteiger partial charge in [-0.1, -0.05) is 42.5 Å². The monoisotopic (exact) mass is 346 g/mol. The van der Waals surface area contributed by atoms with Gasteiger partial charge in [0.1, 0.15) is 18.2 Å². The molecular weight excluding hydrogens is 324 g/mol. The first-order chi connectivity index (χ1) is 12.6. The van der Waals surface area contributed by atoms with E-state index in [-0.39, 0.29) is 11.8 Å². The van der Waals surface area contributed by atoms with Crippen molar-refractivity contribution in [2.75, 3.05) is 5.32 Å². The van der Waals surface area contributed by atoms with Crippen molar-refractivity contribution < 1.29 is 9.53 Å². The molecule has 0 fully saturated rings. The molecule has 4 heteroatoms. The van der Waals surface area contributed by atoms with Gasteiger partial charge < -0.3 is 10.1 Å². The van der Waals surface area contributed by atoms with Crippen molar-refractivity contribution in [1.82, 2.24) is 4.98 Å². The Bertz CT molecular complexity index is 876. The largest absolute Gasteiger partial charge is 0.489 e. The summed E-state index contributed by atoms with van der Waals surface area (Å²) in [5, 5.41) is 3.22. The average molecular weight is 346 g/mol. The summed E-state index contributed by atoms with van der Waals surface area (Å²) in [6, 6.07) is 21.0. The van der Waals surface area contributed by atoms with Crippen LogP contribution in [0.2, 0.25) is 0 Å². The van der Waals surface area contributed by atoms with Crippen LogP contribution < -0.4 is 10.1 Å². The molecule has 3 rings (SSSR count). The summed E-state index contributed by atoms with van der Waals surface area (Å²) in [5.41, 5.74) is 2.22. The lowest BCUT2D eigenvalue weighted by atomic mass is 10.0. The van der Waals surface area contributed by atoms with Gasteiger partial charge in [0.05, 0.1) is 5.56 Å². The number of hydrogen-bond donors (Lipinski definition) is 1. The van der Waals surface area contributed by atoms with Crippen molar-refractivity contribution >= 4 is 11.6 Å². The first kappa shape index (κ1) is 17.7. The van der Waals surface area contributed by atoms with Crippen LogP contribution in [0.3, 0.4) is 0 Å². The summed E-state index contributed by atoms with van der Waals surface area (Å²) in [6.07, 6.45) is 1.68. The van der Waals surface area contributed by atoms with Crippen LogP contribution in [0, 0.1) is 0 Å². The Labute approximate surface area is 153 Å². The van der Waals surface area contributed by atoms with Gasteiger partial charge in [-0.15, -0.1) is 0 Å². The summed E-state index contributed by atoms with van der Waals surface area (Å²) >= 11 is 0. The highest BCUT2D eigenvalue weighted by Gasteiger charge is 2.15. The molecule has 1 N–H and O–H groups in total. The maximum Gasteiger partial charge on any atom is 0.196 e. The van der Waals surface area contributed by atoms with E-state index in [1.807, 2.05) is 56.3 Å². The maximum absolute atomic E-state index is 12.9. The third-order valence-corrected chi connectivity index (χ3v) is 3.82. The number of carbonyl (C=O) groups is 1. The van der Waals surface area contributed by atoms with Crippen molar-refractivity contribution in [1.29, 1.82) is 0 Å². The Morgan fingerprint density at radius 2 is 1.85 bits per heavy atom. The number of hydrogen-bond acceptors (Lipinski definition) is 4. The fourth-order valence-corrected chi connectivity index (χ4v) is 2.60. The average Bonchev–Trinajstić information content (AvgIpc) is 2.67. The second-order valence-corrected chi connectivity index (χ2v) is 6.33. The highest BCUT2D eigenvalue weighted by Crippen LogP contribution is 2.21. The number of benzene rings is 2. The van der Waals surface area contributed by atoms with E-state index in [4.69, 9.17) is 4.74 Å². The van der Waals surface area contributed by atoms with Crippen molar-refractivity contribution in [2.45, 2.75) is 26.5 Å². The summed E-state index contributed by atoms with van der Waals surface area (Å²) in [4.78, 5) is 17.2. The molecule has 0 amide bonds. The molecule has 0 spiro atoms. The van der Waals surface area contributed by atoms with Crippen LogP contribution in [0.25, 0.3) is 0 Å². The van der Waals surface area contributed by atoms with E-state index >= 15 is 0 Å². The lowest BCUT2D eigenvalue weighted by molar-refractivity contribution is 0.103. The van der Waals surface area contributed by atoms with E-state index in [1.165, 1.54) is 0 Å². The second-order valence-electron chi connectivity index (χ2n) is 6.33. The highest BCUT2D eigenvalue weighted by atomic mass is 16.5. The van der Waals surface area contributed by atoms with Crippen molar-refractivity contribution in [3.63, 3.8) is 0 Å². The molecule has 26 heavy (non-hydrogen) atoms. The number of nitrogens with zero attached hydrogens (tertiary/aromatic N) is 1. The zero-order valence-corrected chi connectivity index (χ0v) is 15.0. The Balaban J connectivity index is 1.78. The number of aromatic nitrogens is 1. The third-order valence-electron chi connectivity index (χ3n) is 3.82. The predicted octanol–water partition coefficient (Wildman–Crippen LogP) is 4.71. The summed E-state index contributed by atoms with van der Waals surface area (Å²) in [6.45, 7) is 4.49. The van der Waals surface area contributed by atoms with Gasteiger partial charge in [-0.2, -0.15) is 0 Å². The number of ketones is 1. The number of anilines is 1. The zero-order valence-electron chi connectivity index (χ0n) is 15.0. The molecular formula is C22H22N2O2. The summed E-state index contributed by atoms with van der Waals surface area (Å²) in [7, 11) is 0. The Morgan fingerprint density at radius 1 is 1.04 bits per heavy atom. The van der Waals surface area contributed by atoms with Crippen LogP contribution in [0.1, 0.15) is 35.3 Å². The minimum absolute atomic E-state index is 0.0774. The van der Waals surface area contributed by atoms with E-state index in [2.05, 4.69) is 10.3 Å². The van der Waals surface area contributed by atoms with Crippen molar-refractivity contribution in [3.05, 3.63) is 89.6 Å². The number of rotatable bonds is 7. The first-order valence-corrected chi connectivity index (χ1v) is 8.66. The molecule has 0 radical (unpaired) electrons. The third kappa shape index (κ3) is 4.48. The predicted molar refractivity (Wildman–Crippen MR) is 104 cm³/mol. The fourth-order valence-electron chi connectivity index (χ4n) is 2.60. The second kappa shape index (κ2) is 8.30. The number of carbonyl (C=O) groups excluding carboxylic acids is 1. The van der Waals surface area contributed by atoms with Crippen molar-refractivity contribution in [2.24, 2.45) is 0 Å². The van der Waals surface area contributed by atoms with Crippen LogP contribution in [-0.4, -0.2) is 16.8 Å². The molecule has 0 atom stereocenters. The maximum atomic E-state index is 12.9. The standard InChI is InChI=1S/C22H22N2O2/c1-16(2)24-22-20(12-7-13-23-22)21(25)18-10-6-11-19(14-18)26-15-17-8-4-3-5-9-17/h3-14,16H,15H2,1-2H3,(H,23,24).